The van der Waals surface area contributed by atoms with Crippen molar-refractivity contribution >= 4 is 0 Å². The molecule has 1 rings (SSSR count). The fourth-order valence-electron chi connectivity index (χ4n) is 2.08. The summed E-state index contributed by atoms with van der Waals surface area (Å²) in [6.07, 6.45) is 6.84. The summed E-state index contributed by atoms with van der Waals surface area (Å²) in [5, 5.41) is 3.53. The lowest BCUT2D eigenvalue weighted by molar-refractivity contribution is 0.211. The maximum atomic E-state index is 3.53. The fourth-order valence-corrected chi connectivity index (χ4v) is 2.08. The van der Waals surface area contributed by atoms with Gasteiger partial charge in [-0.1, -0.05) is 13.3 Å². The van der Waals surface area contributed by atoms with Crippen LogP contribution in [-0.2, 0) is 0 Å². The quantitative estimate of drug-likeness (QED) is 0.658. The van der Waals surface area contributed by atoms with Crippen molar-refractivity contribution in [2.45, 2.75) is 39.0 Å². The number of nitrogens with one attached hydrogen (secondary N) is 1. The van der Waals surface area contributed by atoms with Gasteiger partial charge < -0.3 is 10.2 Å². The molecule has 0 spiro atoms. The summed E-state index contributed by atoms with van der Waals surface area (Å²) in [4.78, 5) is 2.45. The molecule has 14 heavy (non-hydrogen) atoms. The van der Waals surface area contributed by atoms with Crippen LogP contribution in [0.1, 0.15) is 39.0 Å². The van der Waals surface area contributed by atoms with Crippen LogP contribution >= 0.6 is 0 Å². The molecule has 1 N–H and O–H groups in total. The molecule has 0 bridgehead atoms. The largest absolute Gasteiger partial charge is 0.317 e. The molecule has 2 nitrogen and oxygen atoms in total. The van der Waals surface area contributed by atoms with E-state index < -0.39 is 0 Å². The molecule has 0 atom stereocenters. The second-order valence-electron chi connectivity index (χ2n) is 4.64. The summed E-state index contributed by atoms with van der Waals surface area (Å²) in [6, 6.07) is 0. The topological polar surface area (TPSA) is 15.3 Å². The summed E-state index contributed by atoms with van der Waals surface area (Å²) < 4.78 is 0. The highest BCUT2D eigenvalue weighted by Crippen LogP contribution is 2.18. The number of hydrogen-bond donors (Lipinski definition) is 1. The first-order valence-electron chi connectivity index (χ1n) is 6.22. The van der Waals surface area contributed by atoms with Crippen molar-refractivity contribution < 1.29 is 0 Å². The Labute approximate surface area is 89.1 Å². The van der Waals surface area contributed by atoms with Crippen LogP contribution in [0.4, 0.5) is 0 Å². The Hall–Kier alpha value is -0.0800. The van der Waals surface area contributed by atoms with E-state index in [1.54, 1.807) is 0 Å². The predicted octanol–water partition coefficient (Wildman–Crippen LogP) is 2.11. The average molecular weight is 198 g/mol. The number of unbranched alkanes of at least 4 members (excludes halogenated alkanes) is 1. The van der Waals surface area contributed by atoms with E-state index in [0.717, 1.165) is 5.92 Å². The first-order chi connectivity index (χ1) is 6.83. The van der Waals surface area contributed by atoms with Crippen LogP contribution in [0.5, 0.6) is 0 Å². The second-order valence-corrected chi connectivity index (χ2v) is 4.64. The second kappa shape index (κ2) is 7.24. The number of likely N-dealkylation sites (tertiary alicyclic amines) is 1. The van der Waals surface area contributed by atoms with E-state index in [1.807, 2.05) is 0 Å². The van der Waals surface area contributed by atoms with Crippen molar-refractivity contribution in [1.82, 2.24) is 10.2 Å². The van der Waals surface area contributed by atoms with E-state index in [1.165, 1.54) is 58.3 Å². The first kappa shape index (κ1) is 12.0. The van der Waals surface area contributed by atoms with Gasteiger partial charge in [0.2, 0.25) is 0 Å². The van der Waals surface area contributed by atoms with E-state index in [2.05, 4.69) is 24.2 Å². The molecule has 0 aromatic rings. The van der Waals surface area contributed by atoms with Gasteiger partial charge in [-0.15, -0.1) is 0 Å². The molecule has 1 saturated heterocycles. The zero-order chi connectivity index (χ0) is 10.2. The predicted molar refractivity (Wildman–Crippen MR) is 62.6 cm³/mol. The molecule has 0 amide bonds. The number of hydrogen-bond acceptors (Lipinski definition) is 2. The molecule has 0 aromatic carbocycles. The zero-order valence-electron chi connectivity index (χ0n) is 9.89. The van der Waals surface area contributed by atoms with E-state index >= 15 is 0 Å². The highest BCUT2D eigenvalue weighted by molar-refractivity contribution is 4.70. The van der Waals surface area contributed by atoms with Crippen LogP contribution in [0.2, 0.25) is 0 Å². The molecule has 0 aliphatic carbocycles. The van der Waals surface area contributed by atoms with E-state index in [4.69, 9.17) is 0 Å². The Morgan fingerprint density at radius 3 is 2.57 bits per heavy atom. The van der Waals surface area contributed by atoms with Gasteiger partial charge in [-0.3, -0.25) is 0 Å². The molecule has 2 heteroatoms. The van der Waals surface area contributed by atoms with Crippen molar-refractivity contribution in [1.29, 1.82) is 0 Å². The van der Waals surface area contributed by atoms with E-state index in [-0.39, 0.29) is 0 Å². The monoisotopic (exact) mass is 198 g/mol. The Morgan fingerprint density at radius 1 is 1.21 bits per heavy atom. The van der Waals surface area contributed by atoms with Crippen LogP contribution < -0.4 is 5.32 Å². The van der Waals surface area contributed by atoms with Gasteiger partial charge in [0.1, 0.15) is 0 Å². The summed E-state index contributed by atoms with van der Waals surface area (Å²) in [5.74, 6) is 0.986. The lowest BCUT2D eigenvalue weighted by Gasteiger charge is -2.28. The molecule has 0 unspecified atom stereocenters. The third-order valence-corrected chi connectivity index (χ3v) is 3.27. The molecule has 1 aliphatic heterocycles. The van der Waals surface area contributed by atoms with Gasteiger partial charge in [0.05, 0.1) is 0 Å². The smallest absolute Gasteiger partial charge is 0.00191 e. The summed E-state index contributed by atoms with van der Waals surface area (Å²) in [5.41, 5.74) is 0. The standard InChI is InChI=1S/C12H26N2/c1-3-4-8-13-9-5-12-6-10-14(2)11-7-12/h12-13H,3-11H2,1-2H3. The van der Waals surface area contributed by atoms with Gasteiger partial charge in [-0.2, -0.15) is 0 Å². The van der Waals surface area contributed by atoms with Gasteiger partial charge in [0, 0.05) is 0 Å². The van der Waals surface area contributed by atoms with Crippen molar-refractivity contribution in [3.8, 4) is 0 Å². The average Bonchev–Trinajstić information content (AvgIpc) is 2.21. The first-order valence-corrected chi connectivity index (χ1v) is 6.22. The minimum absolute atomic E-state index is 0.986. The Balaban J connectivity index is 1.91. The third kappa shape index (κ3) is 4.97. The molecule has 0 saturated carbocycles. The Bertz CT molecular complexity index is 128. The van der Waals surface area contributed by atoms with Crippen LogP contribution in [-0.4, -0.2) is 38.1 Å². The van der Waals surface area contributed by atoms with Crippen molar-refractivity contribution in [3.63, 3.8) is 0 Å². The van der Waals surface area contributed by atoms with Crippen molar-refractivity contribution in [3.05, 3.63) is 0 Å². The number of nitrogens with zero attached hydrogens (tertiary/aromatic N) is 1. The van der Waals surface area contributed by atoms with Crippen LogP contribution in [0.15, 0.2) is 0 Å². The van der Waals surface area contributed by atoms with Gasteiger partial charge in [0.25, 0.3) is 0 Å². The maximum absolute atomic E-state index is 3.53. The van der Waals surface area contributed by atoms with Crippen LogP contribution in [0.25, 0.3) is 0 Å². The SMILES string of the molecule is CCCCNCCC1CCN(C)CC1. The van der Waals surface area contributed by atoms with Gasteiger partial charge >= 0.3 is 0 Å². The Morgan fingerprint density at radius 2 is 1.93 bits per heavy atom. The third-order valence-electron chi connectivity index (χ3n) is 3.27. The molecule has 0 radical (unpaired) electrons. The number of rotatable bonds is 6. The Kier molecular flexibility index (Phi) is 6.20. The van der Waals surface area contributed by atoms with Crippen LogP contribution in [0, 0.1) is 5.92 Å². The van der Waals surface area contributed by atoms with Crippen LogP contribution in [0.3, 0.4) is 0 Å². The van der Waals surface area contributed by atoms with E-state index in [9.17, 15) is 0 Å². The van der Waals surface area contributed by atoms with Crippen molar-refractivity contribution in [2.75, 3.05) is 33.2 Å². The fraction of sp³-hybridized carbons (Fsp3) is 1.00. The van der Waals surface area contributed by atoms with Gasteiger partial charge in [-0.05, 0) is 64.8 Å². The molecule has 0 aromatic heterocycles. The normalized spacial score (nSPS) is 20.1. The maximum Gasteiger partial charge on any atom is -0.00191 e. The molecule has 1 fully saturated rings. The molecular formula is C12H26N2. The molecule has 1 aliphatic rings. The van der Waals surface area contributed by atoms with E-state index in [0.29, 0.717) is 0 Å². The number of piperidine rings is 1. The molecule has 84 valence electrons. The summed E-state index contributed by atoms with van der Waals surface area (Å²) in [6.45, 7) is 7.30. The van der Waals surface area contributed by atoms with Gasteiger partial charge in [-0.25, -0.2) is 0 Å². The minimum atomic E-state index is 0.986. The minimum Gasteiger partial charge on any atom is -0.317 e. The zero-order valence-corrected chi connectivity index (χ0v) is 9.89. The molecular weight excluding hydrogens is 172 g/mol. The highest BCUT2D eigenvalue weighted by atomic mass is 15.1. The lowest BCUT2D eigenvalue weighted by Crippen LogP contribution is -2.31. The molecule has 1 heterocycles. The lowest BCUT2D eigenvalue weighted by atomic mass is 9.94. The summed E-state index contributed by atoms with van der Waals surface area (Å²) >= 11 is 0. The summed E-state index contributed by atoms with van der Waals surface area (Å²) in [7, 11) is 2.23. The highest BCUT2D eigenvalue weighted by Gasteiger charge is 2.15. The van der Waals surface area contributed by atoms with Crippen molar-refractivity contribution in [2.24, 2.45) is 5.92 Å². The van der Waals surface area contributed by atoms with Gasteiger partial charge in [0.15, 0.2) is 0 Å².